The zero-order valence-electron chi connectivity index (χ0n) is 22.6. The van der Waals surface area contributed by atoms with Crippen LogP contribution in [0.4, 0.5) is 14.5 Å². The summed E-state index contributed by atoms with van der Waals surface area (Å²) in [4.78, 5) is 28.5. The quantitative estimate of drug-likeness (QED) is 0.253. The second-order valence-corrected chi connectivity index (χ2v) is 11.7. The number of anilines is 1. The van der Waals surface area contributed by atoms with Gasteiger partial charge in [0.1, 0.15) is 24.2 Å². The molecule has 218 valence electrons. The largest absolute Gasteiger partial charge is 0.357 e. The third-order valence-corrected chi connectivity index (χ3v) is 8.66. The molecule has 0 bridgehead atoms. The fraction of sp³-hybridized carbons (Fsp3) is 0.161. The molecule has 4 aromatic carbocycles. The number of amides is 2. The van der Waals surface area contributed by atoms with Crippen LogP contribution in [0.25, 0.3) is 0 Å². The van der Waals surface area contributed by atoms with Crippen molar-refractivity contribution in [2.45, 2.75) is 23.9 Å². The fourth-order valence-electron chi connectivity index (χ4n) is 4.40. The second-order valence-electron chi connectivity index (χ2n) is 9.39. The van der Waals surface area contributed by atoms with E-state index in [1.54, 1.807) is 18.2 Å². The van der Waals surface area contributed by atoms with Crippen LogP contribution >= 0.6 is 11.6 Å². The van der Waals surface area contributed by atoms with Gasteiger partial charge in [0.2, 0.25) is 11.8 Å². The van der Waals surface area contributed by atoms with Gasteiger partial charge in [0.15, 0.2) is 0 Å². The van der Waals surface area contributed by atoms with Gasteiger partial charge in [-0.1, -0.05) is 72.3 Å². The Bertz CT molecular complexity index is 1640. The van der Waals surface area contributed by atoms with E-state index in [0.717, 1.165) is 22.0 Å². The van der Waals surface area contributed by atoms with Crippen LogP contribution in [0.3, 0.4) is 0 Å². The first-order chi connectivity index (χ1) is 20.1. The van der Waals surface area contributed by atoms with Gasteiger partial charge in [0.05, 0.1) is 15.6 Å². The average Bonchev–Trinajstić information content (AvgIpc) is 3.00. The standard InChI is InChI=1S/C31H28ClF2N3O4S/c1-35-31(39)29(18-22-8-4-2-5-9-22)36(20-23-12-14-24(33)15-13-23)30(38)21-37(25-16-17-28(34)27(32)19-25)42(40,41)26-10-6-3-7-11-26/h2-17,19,29H,18,20-21H2,1H3,(H,35,39)/t29-/m0/s1. The monoisotopic (exact) mass is 611 g/mol. The summed E-state index contributed by atoms with van der Waals surface area (Å²) < 4.78 is 56.2. The number of benzene rings is 4. The Morgan fingerprint density at radius 3 is 2.07 bits per heavy atom. The maximum atomic E-state index is 14.1. The van der Waals surface area contributed by atoms with Gasteiger partial charge in [-0.15, -0.1) is 0 Å². The average molecular weight is 612 g/mol. The minimum atomic E-state index is -4.35. The third-order valence-electron chi connectivity index (χ3n) is 6.58. The van der Waals surface area contributed by atoms with Crippen molar-refractivity contribution in [3.8, 4) is 0 Å². The van der Waals surface area contributed by atoms with Gasteiger partial charge in [-0.3, -0.25) is 13.9 Å². The Morgan fingerprint density at radius 1 is 0.857 bits per heavy atom. The van der Waals surface area contributed by atoms with Crippen molar-refractivity contribution >= 4 is 39.1 Å². The molecule has 0 aliphatic rings. The van der Waals surface area contributed by atoms with Gasteiger partial charge in [-0.05, 0) is 53.6 Å². The first-order valence-corrected chi connectivity index (χ1v) is 14.7. The predicted octanol–water partition coefficient (Wildman–Crippen LogP) is 5.20. The molecule has 42 heavy (non-hydrogen) atoms. The van der Waals surface area contributed by atoms with Crippen LogP contribution in [-0.2, 0) is 32.6 Å². The zero-order chi connectivity index (χ0) is 30.3. The van der Waals surface area contributed by atoms with E-state index < -0.39 is 46.1 Å². The molecule has 0 saturated heterocycles. The number of rotatable bonds is 11. The highest BCUT2D eigenvalue weighted by molar-refractivity contribution is 7.92. The summed E-state index contributed by atoms with van der Waals surface area (Å²) in [6.45, 7) is -0.851. The highest BCUT2D eigenvalue weighted by atomic mass is 35.5. The Balaban J connectivity index is 1.79. The number of hydrogen-bond acceptors (Lipinski definition) is 4. The summed E-state index contributed by atoms with van der Waals surface area (Å²) in [5, 5.41) is 2.26. The van der Waals surface area contributed by atoms with Crippen molar-refractivity contribution in [1.82, 2.24) is 10.2 Å². The van der Waals surface area contributed by atoms with Crippen molar-refractivity contribution < 1.29 is 26.8 Å². The van der Waals surface area contributed by atoms with Crippen molar-refractivity contribution in [2.75, 3.05) is 17.9 Å². The minimum Gasteiger partial charge on any atom is -0.357 e. The van der Waals surface area contributed by atoms with Crippen LogP contribution in [0.2, 0.25) is 5.02 Å². The number of carbonyl (C=O) groups excluding carboxylic acids is 2. The van der Waals surface area contributed by atoms with Crippen LogP contribution in [0.15, 0.2) is 108 Å². The summed E-state index contributed by atoms with van der Waals surface area (Å²) in [6.07, 6.45) is 0.126. The molecular weight excluding hydrogens is 584 g/mol. The number of likely N-dealkylation sites (N-methyl/N-ethyl adjacent to an activating group) is 1. The van der Waals surface area contributed by atoms with Crippen LogP contribution in [0, 0.1) is 11.6 Å². The number of sulfonamides is 1. The highest BCUT2D eigenvalue weighted by Crippen LogP contribution is 2.28. The molecule has 0 radical (unpaired) electrons. The van der Waals surface area contributed by atoms with E-state index >= 15 is 0 Å². The van der Waals surface area contributed by atoms with E-state index in [0.29, 0.717) is 5.56 Å². The summed E-state index contributed by atoms with van der Waals surface area (Å²) in [7, 11) is -2.91. The summed E-state index contributed by atoms with van der Waals surface area (Å²) in [6, 6.07) is 24.2. The Morgan fingerprint density at radius 2 is 1.48 bits per heavy atom. The predicted molar refractivity (Wildman–Crippen MR) is 157 cm³/mol. The molecule has 0 fully saturated rings. The number of carbonyl (C=O) groups is 2. The normalized spacial score (nSPS) is 11.9. The molecule has 4 rings (SSSR count). The van der Waals surface area contributed by atoms with E-state index in [1.807, 2.05) is 18.2 Å². The first kappa shape index (κ1) is 30.7. The zero-order valence-corrected chi connectivity index (χ0v) is 24.2. The number of nitrogens with one attached hydrogen (secondary N) is 1. The van der Waals surface area contributed by atoms with E-state index in [2.05, 4.69) is 5.32 Å². The fourth-order valence-corrected chi connectivity index (χ4v) is 6.00. The van der Waals surface area contributed by atoms with Crippen LogP contribution in [0.5, 0.6) is 0 Å². The molecule has 0 aliphatic heterocycles. The van der Waals surface area contributed by atoms with E-state index in [-0.39, 0.29) is 28.6 Å². The molecule has 0 spiro atoms. The molecule has 0 aromatic heterocycles. The molecule has 2 amide bonds. The van der Waals surface area contributed by atoms with Crippen molar-refractivity contribution in [3.63, 3.8) is 0 Å². The molecule has 0 saturated carbocycles. The van der Waals surface area contributed by atoms with Crippen LogP contribution in [-0.4, -0.2) is 44.8 Å². The van der Waals surface area contributed by atoms with Crippen LogP contribution < -0.4 is 9.62 Å². The molecule has 7 nitrogen and oxygen atoms in total. The molecule has 1 atom stereocenters. The molecule has 0 unspecified atom stereocenters. The maximum Gasteiger partial charge on any atom is 0.264 e. The molecule has 0 heterocycles. The summed E-state index contributed by atoms with van der Waals surface area (Å²) in [5.41, 5.74) is 1.25. The Labute approximate surface area is 248 Å². The van der Waals surface area contributed by atoms with Crippen LogP contribution in [0.1, 0.15) is 11.1 Å². The highest BCUT2D eigenvalue weighted by Gasteiger charge is 2.34. The number of halogens is 3. The second kappa shape index (κ2) is 13.6. The van der Waals surface area contributed by atoms with Gasteiger partial charge >= 0.3 is 0 Å². The first-order valence-electron chi connectivity index (χ1n) is 12.9. The van der Waals surface area contributed by atoms with Gasteiger partial charge in [-0.2, -0.15) is 0 Å². The smallest absolute Gasteiger partial charge is 0.264 e. The van der Waals surface area contributed by atoms with Crippen molar-refractivity contribution in [1.29, 1.82) is 0 Å². The van der Waals surface area contributed by atoms with Crippen molar-refractivity contribution in [2.24, 2.45) is 0 Å². The molecular formula is C31H28ClF2N3O4S. The van der Waals surface area contributed by atoms with Gasteiger partial charge in [0.25, 0.3) is 10.0 Å². The van der Waals surface area contributed by atoms with E-state index in [1.165, 1.54) is 66.5 Å². The van der Waals surface area contributed by atoms with Gasteiger partial charge < -0.3 is 10.2 Å². The number of nitrogens with zero attached hydrogens (tertiary/aromatic N) is 2. The van der Waals surface area contributed by atoms with Gasteiger partial charge in [-0.25, -0.2) is 17.2 Å². The topological polar surface area (TPSA) is 86.8 Å². The lowest BCUT2D eigenvalue weighted by Gasteiger charge is -2.33. The SMILES string of the molecule is CNC(=O)[C@H](Cc1ccccc1)N(Cc1ccc(F)cc1)C(=O)CN(c1ccc(F)c(Cl)c1)S(=O)(=O)c1ccccc1. The number of hydrogen-bond donors (Lipinski definition) is 1. The van der Waals surface area contributed by atoms with Gasteiger partial charge in [0, 0.05) is 20.0 Å². The molecule has 11 heteroatoms. The lowest BCUT2D eigenvalue weighted by molar-refractivity contribution is -0.139. The third kappa shape index (κ3) is 7.32. The minimum absolute atomic E-state index is 0.0418. The lowest BCUT2D eigenvalue weighted by Crippen LogP contribution is -2.53. The molecule has 0 aliphatic carbocycles. The van der Waals surface area contributed by atoms with E-state index in [9.17, 15) is 26.8 Å². The molecule has 1 N–H and O–H groups in total. The Kier molecular flexibility index (Phi) is 9.92. The van der Waals surface area contributed by atoms with Crippen molar-refractivity contribution in [3.05, 3.63) is 131 Å². The maximum absolute atomic E-state index is 14.1. The van der Waals surface area contributed by atoms with E-state index in [4.69, 9.17) is 11.6 Å². The Hall–Kier alpha value is -4.28. The summed E-state index contributed by atoms with van der Waals surface area (Å²) in [5.74, 6) is -2.43. The molecule has 4 aromatic rings. The summed E-state index contributed by atoms with van der Waals surface area (Å²) >= 11 is 6.00. The lowest BCUT2D eigenvalue weighted by atomic mass is 10.0.